The Hall–Kier alpha value is -4.93. The van der Waals surface area contributed by atoms with E-state index in [1.54, 1.807) is 0 Å². The second-order valence-electron chi connectivity index (χ2n) is 12.6. The van der Waals surface area contributed by atoms with Crippen LogP contribution in [0.1, 0.15) is 0 Å². The van der Waals surface area contributed by atoms with Crippen molar-refractivity contribution in [3.8, 4) is 39.3 Å². The molecular formula is C43H35IrN3Si-2. The van der Waals surface area contributed by atoms with E-state index in [4.69, 9.17) is 4.98 Å². The van der Waals surface area contributed by atoms with Gasteiger partial charge in [-0.3, -0.25) is 0 Å². The number of pyridine rings is 2. The van der Waals surface area contributed by atoms with Gasteiger partial charge < -0.3 is 14.5 Å². The summed E-state index contributed by atoms with van der Waals surface area (Å²) in [5, 5.41) is 3.76. The maximum atomic E-state index is 4.82. The van der Waals surface area contributed by atoms with Crippen LogP contribution in [0.4, 0.5) is 0 Å². The molecule has 3 aromatic heterocycles. The second kappa shape index (κ2) is 14.5. The zero-order chi connectivity index (χ0) is 32.2. The van der Waals surface area contributed by atoms with Crippen LogP contribution in [0.25, 0.3) is 61.1 Å². The molecule has 5 heteroatoms. The Morgan fingerprint density at radius 2 is 1.21 bits per heavy atom. The van der Waals surface area contributed by atoms with Crippen LogP contribution in [-0.2, 0) is 20.1 Å². The molecule has 0 saturated carbocycles. The van der Waals surface area contributed by atoms with E-state index in [9.17, 15) is 0 Å². The Labute approximate surface area is 297 Å². The van der Waals surface area contributed by atoms with Crippen LogP contribution in [0.2, 0.25) is 19.6 Å². The van der Waals surface area contributed by atoms with Crippen molar-refractivity contribution in [1.82, 2.24) is 14.5 Å². The molecule has 5 aromatic carbocycles. The number of aromatic nitrogens is 3. The summed E-state index contributed by atoms with van der Waals surface area (Å²) >= 11 is 0. The summed E-state index contributed by atoms with van der Waals surface area (Å²) in [4.78, 5) is 9.34. The van der Waals surface area contributed by atoms with E-state index in [1.807, 2.05) is 48.8 Å². The van der Waals surface area contributed by atoms with Crippen LogP contribution >= 0.6 is 0 Å². The average Bonchev–Trinajstić information content (AvgIpc) is 3.46. The predicted molar refractivity (Wildman–Crippen MR) is 200 cm³/mol. The van der Waals surface area contributed by atoms with E-state index in [0.29, 0.717) is 0 Å². The Morgan fingerprint density at radius 3 is 1.92 bits per heavy atom. The molecule has 0 atom stereocenters. The Kier molecular flexibility index (Phi) is 9.93. The standard InChI is InChI=1S/C29H19N2.C14H16NSi.Ir/c1-3-10-21(11-4-1)22-12-9-13-23(18-22)27-19-29-26(20-30-27)25-16-7-8-17-28(25)31(29)24-14-5-2-6-15-24;1-16(2,3)13-9-10-14(15-11-13)12-7-5-4-6-8-12;/h1-12,14-20H;4-7,9-11H,1-3H3;/q2*-1;. The van der Waals surface area contributed by atoms with Gasteiger partial charge in [0.15, 0.2) is 0 Å². The Balaban J connectivity index is 0.000000201. The van der Waals surface area contributed by atoms with Gasteiger partial charge in [-0.15, -0.1) is 71.3 Å². The molecular weight excluding hydrogens is 779 g/mol. The van der Waals surface area contributed by atoms with E-state index in [0.717, 1.165) is 39.1 Å². The van der Waals surface area contributed by atoms with Gasteiger partial charge in [-0.25, -0.2) is 0 Å². The predicted octanol–water partition coefficient (Wildman–Crippen LogP) is 10.4. The number of rotatable bonds is 5. The molecule has 0 bridgehead atoms. The molecule has 0 saturated heterocycles. The molecule has 3 heterocycles. The summed E-state index contributed by atoms with van der Waals surface area (Å²) in [6.07, 6.45) is 4.01. The van der Waals surface area contributed by atoms with Crippen molar-refractivity contribution in [1.29, 1.82) is 0 Å². The van der Waals surface area contributed by atoms with Gasteiger partial charge >= 0.3 is 0 Å². The first-order chi connectivity index (χ1) is 23.0. The third-order valence-corrected chi connectivity index (χ3v) is 10.4. The summed E-state index contributed by atoms with van der Waals surface area (Å²) in [5.74, 6) is 0. The molecule has 237 valence electrons. The van der Waals surface area contributed by atoms with Gasteiger partial charge in [0.1, 0.15) is 0 Å². The van der Waals surface area contributed by atoms with Crippen LogP contribution in [0.3, 0.4) is 0 Å². The van der Waals surface area contributed by atoms with E-state index < -0.39 is 8.07 Å². The molecule has 8 aromatic rings. The summed E-state index contributed by atoms with van der Waals surface area (Å²) in [5.41, 5.74) is 9.82. The molecule has 0 fully saturated rings. The van der Waals surface area contributed by atoms with Crippen LogP contribution in [-0.4, -0.2) is 22.6 Å². The van der Waals surface area contributed by atoms with Crippen LogP contribution in [0.5, 0.6) is 0 Å². The van der Waals surface area contributed by atoms with Gasteiger partial charge in [-0.05, 0) is 40.3 Å². The molecule has 0 unspecified atom stereocenters. The molecule has 0 amide bonds. The van der Waals surface area contributed by atoms with Crippen molar-refractivity contribution in [2.75, 3.05) is 0 Å². The van der Waals surface area contributed by atoms with E-state index in [2.05, 4.69) is 151 Å². The van der Waals surface area contributed by atoms with Gasteiger partial charge in [-0.2, -0.15) is 0 Å². The number of benzene rings is 5. The molecule has 3 nitrogen and oxygen atoms in total. The molecule has 0 aliphatic carbocycles. The minimum absolute atomic E-state index is 0. The van der Waals surface area contributed by atoms with Gasteiger partial charge in [0, 0.05) is 54.5 Å². The summed E-state index contributed by atoms with van der Waals surface area (Å²) < 4.78 is 2.32. The van der Waals surface area contributed by atoms with Crippen LogP contribution in [0.15, 0.2) is 158 Å². The van der Waals surface area contributed by atoms with E-state index in [-0.39, 0.29) is 20.1 Å². The maximum Gasteiger partial charge on any atom is 0.0795 e. The van der Waals surface area contributed by atoms with Gasteiger partial charge in [0.2, 0.25) is 0 Å². The minimum atomic E-state index is -1.23. The number of fused-ring (bicyclic) bond motifs is 3. The maximum absolute atomic E-state index is 4.82. The van der Waals surface area contributed by atoms with Gasteiger partial charge in [-0.1, -0.05) is 105 Å². The van der Waals surface area contributed by atoms with Crippen LogP contribution < -0.4 is 5.19 Å². The van der Waals surface area contributed by atoms with E-state index >= 15 is 0 Å². The normalized spacial score (nSPS) is 11.1. The monoisotopic (exact) mass is 814 g/mol. The SMILES string of the molecule is C[Si](C)(C)c1ccc(-c2[c-]cccc2)nc1.[Ir].[c-]1ccc(-c2ccccc2)cc1-c1cc2c(cn1)c1ccccc1n2-c1ccccc1. The Bertz CT molecular complexity index is 2260. The first kappa shape index (κ1) is 33.0. The minimum Gasteiger partial charge on any atom is -0.310 e. The molecule has 1 radical (unpaired) electrons. The van der Waals surface area contributed by atoms with Crippen LogP contribution in [0, 0.1) is 12.1 Å². The first-order valence-corrected chi connectivity index (χ1v) is 19.4. The summed E-state index contributed by atoms with van der Waals surface area (Å²) in [7, 11) is -1.23. The van der Waals surface area contributed by atoms with E-state index in [1.165, 1.54) is 27.2 Å². The number of hydrogen-bond donors (Lipinski definition) is 0. The van der Waals surface area contributed by atoms with Crippen molar-refractivity contribution < 1.29 is 20.1 Å². The largest absolute Gasteiger partial charge is 0.310 e. The van der Waals surface area contributed by atoms with Gasteiger partial charge in [0.05, 0.1) is 13.6 Å². The quantitative estimate of drug-likeness (QED) is 0.128. The summed E-state index contributed by atoms with van der Waals surface area (Å²) in [6.45, 7) is 7.00. The third-order valence-electron chi connectivity index (χ3n) is 8.37. The smallest absolute Gasteiger partial charge is 0.0795 e. The average molecular weight is 814 g/mol. The second-order valence-corrected chi connectivity index (χ2v) is 17.7. The zero-order valence-corrected chi connectivity index (χ0v) is 30.6. The fourth-order valence-corrected chi connectivity index (χ4v) is 6.88. The third kappa shape index (κ3) is 7.00. The number of para-hydroxylation sites is 2. The van der Waals surface area contributed by atoms with Gasteiger partial charge in [0.25, 0.3) is 0 Å². The first-order valence-electron chi connectivity index (χ1n) is 15.9. The zero-order valence-electron chi connectivity index (χ0n) is 27.2. The summed E-state index contributed by atoms with van der Waals surface area (Å²) in [6, 6.07) is 56.7. The van der Waals surface area contributed by atoms with Crippen molar-refractivity contribution in [2.24, 2.45) is 0 Å². The molecule has 8 rings (SSSR count). The number of nitrogens with zero attached hydrogens (tertiary/aromatic N) is 3. The molecule has 48 heavy (non-hydrogen) atoms. The fraction of sp³-hybridized carbons (Fsp3) is 0.0698. The van der Waals surface area contributed by atoms with Crippen molar-refractivity contribution in [2.45, 2.75) is 19.6 Å². The number of hydrogen-bond acceptors (Lipinski definition) is 2. The van der Waals surface area contributed by atoms with Crippen molar-refractivity contribution >= 4 is 35.1 Å². The molecule has 0 aliphatic heterocycles. The Morgan fingerprint density at radius 1 is 0.521 bits per heavy atom. The van der Waals surface area contributed by atoms with Crippen molar-refractivity contribution in [3.05, 3.63) is 170 Å². The topological polar surface area (TPSA) is 30.7 Å². The molecule has 0 N–H and O–H groups in total. The molecule has 0 aliphatic rings. The van der Waals surface area contributed by atoms with Crippen molar-refractivity contribution in [3.63, 3.8) is 0 Å². The molecule has 0 spiro atoms. The fourth-order valence-electron chi connectivity index (χ4n) is 5.84.